The summed E-state index contributed by atoms with van der Waals surface area (Å²) in [4.78, 5) is 22.5. The first-order valence-corrected chi connectivity index (χ1v) is 8.79. The smallest absolute Gasteiger partial charge is 0.280 e. The minimum absolute atomic E-state index is 0.0536. The summed E-state index contributed by atoms with van der Waals surface area (Å²) in [5, 5.41) is 14.9. The number of hydrogen-bond donors (Lipinski definition) is 1. The molecule has 3 aromatic rings. The number of nitrogens with zero attached hydrogens (tertiary/aromatic N) is 2. The lowest BCUT2D eigenvalue weighted by Crippen LogP contribution is -2.24. The fourth-order valence-corrected chi connectivity index (χ4v) is 2.56. The number of ether oxygens (including phenoxy) is 1. The quantitative estimate of drug-likeness (QED) is 0.371. The third kappa shape index (κ3) is 5.07. The lowest BCUT2D eigenvalue weighted by molar-refractivity contribution is -0.384. The van der Waals surface area contributed by atoms with E-state index in [0.717, 1.165) is 11.1 Å². The highest BCUT2D eigenvalue weighted by Gasteiger charge is 2.16. The van der Waals surface area contributed by atoms with Crippen molar-refractivity contribution in [3.63, 3.8) is 0 Å². The van der Waals surface area contributed by atoms with Gasteiger partial charge in [-0.3, -0.25) is 14.9 Å². The van der Waals surface area contributed by atoms with E-state index in [1.165, 1.54) is 12.3 Å². The van der Waals surface area contributed by atoms with Gasteiger partial charge in [0.2, 0.25) is 0 Å². The molecule has 1 aromatic heterocycles. The second-order valence-corrected chi connectivity index (χ2v) is 6.30. The van der Waals surface area contributed by atoms with Crippen LogP contribution < -0.4 is 10.2 Å². The van der Waals surface area contributed by atoms with Gasteiger partial charge in [-0.15, -0.1) is 0 Å². The van der Waals surface area contributed by atoms with Gasteiger partial charge in [-0.2, -0.15) is 5.10 Å². The van der Waals surface area contributed by atoms with E-state index in [1.54, 1.807) is 36.4 Å². The topological polar surface area (TPSA) is 107 Å². The third-order valence-corrected chi connectivity index (χ3v) is 4.22. The van der Waals surface area contributed by atoms with Crippen molar-refractivity contribution in [1.82, 2.24) is 5.43 Å². The molecule has 0 saturated heterocycles. The highest BCUT2D eigenvalue weighted by atomic mass is 16.6. The van der Waals surface area contributed by atoms with Crippen molar-refractivity contribution in [2.45, 2.75) is 13.8 Å². The van der Waals surface area contributed by atoms with E-state index >= 15 is 0 Å². The van der Waals surface area contributed by atoms with Crippen molar-refractivity contribution in [2.24, 2.45) is 5.10 Å². The largest absolute Gasteiger partial charge is 0.484 e. The van der Waals surface area contributed by atoms with Gasteiger partial charge in [0, 0.05) is 6.07 Å². The number of furan rings is 1. The van der Waals surface area contributed by atoms with E-state index in [9.17, 15) is 14.9 Å². The molecule has 1 amide bonds. The average Bonchev–Trinajstić information content (AvgIpc) is 3.17. The molecule has 0 saturated carbocycles. The molecule has 0 aliphatic carbocycles. The normalized spacial score (nSPS) is 10.8. The van der Waals surface area contributed by atoms with Crippen LogP contribution in [0.25, 0.3) is 11.3 Å². The summed E-state index contributed by atoms with van der Waals surface area (Å²) in [5.74, 6) is 0.856. The second kappa shape index (κ2) is 8.83. The Hall–Kier alpha value is -3.94. The number of para-hydroxylation sites is 1. The molecule has 0 aliphatic rings. The van der Waals surface area contributed by atoms with Crippen LogP contribution >= 0.6 is 0 Å². The van der Waals surface area contributed by atoms with Crippen molar-refractivity contribution >= 4 is 17.8 Å². The van der Waals surface area contributed by atoms with E-state index in [-0.39, 0.29) is 12.3 Å². The first-order chi connectivity index (χ1) is 13.9. The number of nitrogens with one attached hydrogen (secondary N) is 1. The zero-order valence-corrected chi connectivity index (χ0v) is 15.9. The van der Waals surface area contributed by atoms with Crippen LogP contribution in [0.15, 0.2) is 64.1 Å². The molecule has 0 aliphatic heterocycles. The predicted octanol–water partition coefficient (Wildman–Crippen LogP) is 4.00. The molecule has 1 N–H and O–H groups in total. The molecule has 3 rings (SSSR count). The summed E-state index contributed by atoms with van der Waals surface area (Å²) in [6.07, 6.45) is 1.31. The van der Waals surface area contributed by atoms with Crippen molar-refractivity contribution in [3.05, 3.63) is 81.6 Å². The van der Waals surface area contributed by atoms with Crippen molar-refractivity contribution in [3.8, 4) is 17.1 Å². The average molecular weight is 393 g/mol. The van der Waals surface area contributed by atoms with E-state index < -0.39 is 10.8 Å². The molecular formula is C21H19N3O5. The molecule has 0 unspecified atom stereocenters. The lowest BCUT2D eigenvalue weighted by Gasteiger charge is -2.07. The molecule has 1 heterocycles. The molecule has 29 heavy (non-hydrogen) atoms. The van der Waals surface area contributed by atoms with E-state index in [4.69, 9.17) is 9.15 Å². The van der Waals surface area contributed by atoms with Crippen LogP contribution in [0.1, 0.15) is 16.9 Å². The predicted molar refractivity (Wildman–Crippen MR) is 108 cm³/mol. The highest BCUT2D eigenvalue weighted by molar-refractivity contribution is 5.82. The molecule has 8 nitrogen and oxygen atoms in total. The zero-order chi connectivity index (χ0) is 20.8. The summed E-state index contributed by atoms with van der Waals surface area (Å²) in [6, 6.07) is 15.1. The Labute approximate surface area is 167 Å². The van der Waals surface area contributed by atoms with Gasteiger partial charge in [-0.05, 0) is 55.3 Å². The van der Waals surface area contributed by atoms with E-state index in [0.29, 0.717) is 22.8 Å². The Bertz CT molecular complexity index is 1070. The number of carbonyl (C=O) groups excluding carboxylic acids is 1. The van der Waals surface area contributed by atoms with Crippen LogP contribution in [0.2, 0.25) is 0 Å². The van der Waals surface area contributed by atoms with E-state index in [1.807, 2.05) is 26.0 Å². The van der Waals surface area contributed by atoms with Gasteiger partial charge in [0.05, 0.1) is 16.7 Å². The summed E-state index contributed by atoms with van der Waals surface area (Å²) in [5.41, 5.74) is 4.87. The number of carbonyl (C=O) groups is 1. The Morgan fingerprint density at radius 1 is 1.17 bits per heavy atom. The molecule has 8 heteroatoms. The summed E-state index contributed by atoms with van der Waals surface area (Å²) in [7, 11) is 0. The Morgan fingerprint density at radius 2 is 1.97 bits per heavy atom. The lowest BCUT2D eigenvalue weighted by atomic mass is 10.1. The molecule has 148 valence electrons. The van der Waals surface area contributed by atoms with Gasteiger partial charge in [0.25, 0.3) is 11.6 Å². The minimum Gasteiger partial charge on any atom is -0.484 e. The number of benzene rings is 2. The fourth-order valence-electron chi connectivity index (χ4n) is 2.56. The monoisotopic (exact) mass is 393 g/mol. The third-order valence-electron chi connectivity index (χ3n) is 4.22. The fraction of sp³-hybridized carbons (Fsp3) is 0.143. The van der Waals surface area contributed by atoms with Crippen LogP contribution in [0.3, 0.4) is 0 Å². The number of hydrazone groups is 1. The molecule has 0 fully saturated rings. The van der Waals surface area contributed by atoms with Crippen LogP contribution in [0, 0.1) is 24.0 Å². The summed E-state index contributed by atoms with van der Waals surface area (Å²) >= 11 is 0. The van der Waals surface area contributed by atoms with Crippen LogP contribution in [0.5, 0.6) is 5.75 Å². The SMILES string of the molecule is Cc1ccc(OCC(=O)N/N=C/c2ccc(-c3ccccc3[N+](=O)[O-])o2)cc1C. The molecule has 0 bridgehead atoms. The van der Waals surface area contributed by atoms with Crippen molar-refractivity contribution in [2.75, 3.05) is 6.61 Å². The maximum Gasteiger partial charge on any atom is 0.280 e. The first-order valence-electron chi connectivity index (χ1n) is 8.79. The van der Waals surface area contributed by atoms with E-state index in [2.05, 4.69) is 10.5 Å². The number of nitro groups is 1. The zero-order valence-electron chi connectivity index (χ0n) is 15.9. The van der Waals surface area contributed by atoms with Crippen molar-refractivity contribution in [1.29, 1.82) is 0 Å². The van der Waals surface area contributed by atoms with Crippen molar-refractivity contribution < 1.29 is 18.9 Å². The number of amides is 1. The maximum absolute atomic E-state index is 11.8. The van der Waals surface area contributed by atoms with Gasteiger partial charge < -0.3 is 9.15 Å². The second-order valence-electron chi connectivity index (χ2n) is 6.30. The van der Waals surface area contributed by atoms with Gasteiger partial charge in [-0.1, -0.05) is 18.2 Å². The summed E-state index contributed by atoms with van der Waals surface area (Å²) < 4.78 is 11.0. The molecule has 0 radical (unpaired) electrons. The number of aryl methyl sites for hydroxylation is 2. The Balaban J connectivity index is 1.56. The first kappa shape index (κ1) is 19.8. The Morgan fingerprint density at radius 3 is 2.72 bits per heavy atom. The van der Waals surface area contributed by atoms with Gasteiger partial charge in [-0.25, -0.2) is 5.43 Å². The van der Waals surface area contributed by atoms with Gasteiger partial charge >= 0.3 is 0 Å². The van der Waals surface area contributed by atoms with Crippen LogP contribution in [-0.2, 0) is 4.79 Å². The molecule has 0 atom stereocenters. The number of hydrogen-bond acceptors (Lipinski definition) is 6. The van der Waals surface area contributed by atoms with Gasteiger partial charge in [0.15, 0.2) is 6.61 Å². The maximum atomic E-state index is 11.8. The van der Waals surface area contributed by atoms with Crippen LogP contribution in [0.4, 0.5) is 5.69 Å². The summed E-state index contributed by atoms with van der Waals surface area (Å²) in [6.45, 7) is 3.78. The van der Waals surface area contributed by atoms with Crippen LogP contribution in [-0.4, -0.2) is 23.7 Å². The molecule has 0 spiro atoms. The number of rotatable bonds is 7. The molecule has 2 aromatic carbocycles. The Kier molecular flexibility index (Phi) is 6.03. The standard InChI is InChI=1S/C21H19N3O5/c1-14-7-8-16(11-15(14)2)28-13-21(25)23-22-12-17-9-10-20(29-17)18-5-3-4-6-19(18)24(26)27/h3-12H,13H2,1-2H3,(H,23,25)/b22-12+. The molecular weight excluding hydrogens is 374 g/mol. The minimum atomic E-state index is -0.471. The highest BCUT2D eigenvalue weighted by Crippen LogP contribution is 2.30. The van der Waals surface area contributed by atoms with Gasteiger partial charge in [0.1, 0.15) is 17.3 Å². The number of nitro benzene ring substituents is 1.